The first-order valence-electron chi connectivity index (χ1n) is 7.22. The molecule has 0 N–H and O–H groups in total. The molecule has 0 unspecified atom stereocenters. The number of thiazole rings is 1. The fourth-order valence-corrected chi connectivity index (χ4v) is 3.22. The van der Waals surface area contributed by atoms with Crippen LogP contribution in [0.4, 0.5) is 0 Å². The lowest BCUT2D eigenvalue weighted by atomic mass is 10.1. The summed E-state index contributed by atoms with van der Waals surface area (Å²) in [5, 5.41) is 2.91. The molecule has 0 bridgehead atoms. The van der Waals surface area contributed by atoms with Crippen LogP contribution in [0.2, 0.25) is 0 Å². The Kier molecular flexibility index (Phi) is 4.31. The number of carbonyl (C=O) groups excluding carboxylic acids is 1. The Hall–Kier alpha value is -1.72. The third-order valence-electron chi connectivity index (χ3n) is 3.80. The molecule has 1 amide bonds. The molecule has 0 saturated carbocycles. The number of hydrogen-bond acceptors (Lipinski definition) is 4. The van der Waals surface area contributed by atoms with Crippen LogP contribution in [-0.2, 0) is 0 Å². The number of nitrogens with zero attached hydrogens (tertiary/aromatic N) is 3. The van der Waals surface area contributed by atoms with E-state index in [9.17, 15) is 4.79 Å². The predicted molar refractivity (Wildman–Crippen MR) is 85.6 cm³/mol. The second-order valence-corrected chi connectivity index (χ2v) is 6.26. The maximum atomic E-state index is 12.7. The molecule has 5 heteroatoms. The highest BCUT2D eigenvalue weighted by molar-refractivity contribution is 7.13. The lowest BCUT2D eigenvalue weighted by molar-refractivity contribution is 0.0763. The smallest absolute Gasteiger partial charge is 0.253 e. The van der Waals surface area contributed by atoms with E-state index in [4.69, 9.17) is 0 Å². The quantitative estimate of drug-likeness (QED) is 0.855. The Morgan fingerprint density at radius 1 is 1.24 bits per heavy atom. The van der Waals surface area contributed by atoms with Crippen LogP contribution in [0.5, 0.6) is 0 Å². The van der Waals surface area contributed by atoms with Gasteiger partial charge in [0.2, 0.25) is 0 Å². The molecule has 0 radical (unpaired) electrons. The standard InChI is InChI=1S/C16H19N3OS/c1-18-7-3-8-19(10-9-18)16(20)14-5-2-4-13(12-14)15-17-6-11-21-15/h2,4-6,11-12H,3,7-10H2,1H3. The molecule has 1 fully saturated rings. The van der Waals surface area contributed by atoms with Gasteiger partial charge >= 0.3 is 0 Å². The number of aromatic nitrogens is 1. The van der Waals surface area contributed by atoms with Crippen molar-refractivity contribution in [2.45, 2.75) is 6.42 Å². The lowest BCUT2D eigenvalue weighted by Crippen LogP contribution is -2.34. The Balaban J connectivity index is 1.80. The van der Waals surface area contributed by atoms with Crippen LogP contribution in [-0.4, -0.2) is 53.9 Å². The number of amides is 1. The molecule has 0 atom stereocenters. The molecular formula is C16H19N3OS. The maximum absolute atomic E-state index is 12.7. The molecule has 0 spiro atoms. The normalized spacial score (nSPS) is 16.7. The Bertz CT molecular complexity index is 612. The van der Waals surface area contributed by atoms with E-state index in [1.807, 2.05) is 34.5 Å². The maximum Gasteiger partial charge on any atom is 0.253 e. The van der Waals surface area contributed by atoms with Gasteiger partial charge in [0.1, 0.15) is 5.01 Å². The first-order valence-corrected chi connectivity index (χ1v) is 8.10. The molecule has 1 aliphatic heterocycles. The molecule has 21 heavy (non-hydrogen) atoms. The number of likely N-dealkylation sites (N-methyl/N-ethyl adjacent to an activating group) is 1. The van der Waals surface area contributed by atoms with Gasteiger partial charge in [-0.05, 0) is 32.1 Å². The third-order valence-corrected chi connectivity index (χ3v) is 4.62. The van der Waals surface area contributed by atoms with Crippen LogP contribution in [0.1, 0.15) is 16.8 Å². The van der Waals surface area contributed by atoms with Crippen molar-refractivity contribution in [3.63, 3.8) is 0 Å². The van der Waals surface area contributed by atoms with Crippen LogP contribution in [0.25, 0.3) is 10.6 Å². The molecular weight excluding hydrogens is 282 g/mol. The summed E-state index contributed by atoms with van der Waals surface area (Å²) < 4.78 is 0. The van der Waals surface area contributed by atoms with Gasteiger partial charge < -0.3 is 9.80 Å². The van der Waals surface area contributed by atoms with Crippen molar-refractivity contribution in [1.29, 1.82) is 0 Å². The van der Waals surface area contributed by atoms with Crippen molar-refractivity contribution in [3.8, 4) is 10.6 Å². The highest BCUT2D eigenvalue weighted by Gasteiger charge is 2.19. The van der Waals surface area contributed by atoms with Gasteiger partial charge in [-0.25, -0.2) is 4.98 Å². The molecule has 1 aromatic heterocycles. The van der Waals surface area contributed by atoms with Gasteiger partial charge in [-0.3, -0.25) is 4.79 Å². The molecule has 1 aliphatic rings. The fraction of sp³-hybridized carbons (Fsp3) is 0.375. The van der Waals surface area contributed by atoms with Crippen LogP contribution >= 0.6 is 11.3 Å². The van der Waals surface area contributed by atoms with Gasteiger partial charge in [0.25, 0.3) is 5.91 Å². The monoisotopic (exact) mass is 301 g/mol. The second-order valence-electron chi connectivity index (χ2n) is 5.37. The van der Waals surface area contributed by atoms with Gasteiger partial charge in [-0.2, -0.15) is 0 Å². The van der Waals surface area contributed by atoms with E-state index in [2.05, 4.69) is 16.9 Å². The molecule has 3 rings (SSSR count). The van der Waals surface area contributed by atoms with E-state index in [1.54, 1.807) is 17.5 Å². The van der Waals surface area contributed by atoms with E-state index in [0.717, 1.165) is 48.7 Å². The zero-order valence-corrected chi connectivity index (χ0v) is 13.0. The highest BCUT2D eigenvalue weighted by atomic mass is 32.1. The van der Waals surface area contributed by atoms with Gasteiger partial charge in [0.15, 0.2) is 0 Å². The SMILES string of the molecule is CN1CCCN(C(=O)c2cccc(-c3nccs3)c2)CC1. The number of carbonyl (C=O) groups is 1. The van der Waals surface area contributed by atoms with Crippen molar-refractivity contribution in [3.05, 3.63) is 41.4 Å². The van der Waals surface area contributed by atoms with Gasteiger partial charge in [0, 0.05) is 42.3 Å². The van der Waals surface area contributed by atoms with E-state index in [1.165, 1.54) is 0 Å². The topological polar surface area (TPSA) is 36.4 Å². The zero-order valence-electron chi connectivity index (χ0n) is 12.2. The third kappa shape index (κ3) is 3.31. The highest BCUT2D eigenvalue weighted by Crippen LogP contribution is 2.23. The minimum absolute atomic E-state index is 0.128. The Morgan fingerprint density at radius 3 is 2.95 bits per heavy atom. The molecule has 2 aromatic rings. The van der Waals surface area contributed by atoms with E-state index in [0.29, 0.717) is 0 Å². The summed E-state index contributed by atoms with van der Waals surface area (Å²) in [5.41, 5.74) is 1.77. The minimum Gasteiger partial charge on any atom is -0.337 e. The molecule has 1 aromatic carbocycles. The minimum atomic E-state index is 0.128. The van der Waals surface area contributed by atoms with Crippen molar-refractivity contribution < 1.29 is 4.79 Å². The summed E-state index contributed by atoms with van der Waals surface area (Å²) in [5.74, 6) is 0.128. The van der Waals surface area contributed by atoms with Gasteiger partial charge in [-0.15, -0.1) is 11.3 Å². The second kappa shape index (κ2) is 6.37. The summed E-state index contributed by atoms with van der Waals surface area (Å²) in [6.45, 7) is 3.64. The molecule has 0 aliphatic carbocycles. The van der Waals surface area contributed by atoms with E-state index >= 15 is 0 Å². The van der Waals surface area contributed by atoms with E-state index < -0.39 is 0 Å². The van der Waals surface area contributed by atoms with Gasteiger partial charge in [0.05, 0.1) is 0 Å². The zero-order chi connectivity index (χ0) is 14.7. The summed E-state index contributed by atoms with van der Waals surface area (Å²) in [6.07, 6.45) is 2.83. The Morgan fingerprint density at radius 2 is 2.14 bits per heavy atom. The van der Waals surface area contributed by atoms with Crippen LogP contribution in [0.15, 0.2) is 35.8 Å². The summed E-state index contributed by atoms with van der Waals surface area (Å²) in [6, 6.07) is 7.80. The molecule has 110 valence electrons. The Labute approximate surface area is 129 Å². The van der Waals surface area contributed by atoms with Crippen LogP contribution in [0.3, 0.4) is 0 Å². The van der Waals surface area contributed by atoms with E-state index in [-0.39, 0.29) is 5.91 Å². The van der Waals surface area contributed by atoms with Crippen LogP contribution in [0, 0.1) is 0 Å². The fourth-order valence-electron chi connectivity index (χ4n) is 2.58. The van der Waals surface area contributed by atoms with Crippen LogP contribution < -0.4 is 0 Å². The van der Waals surface area contributed by atoms with Crippen molar-refractivity contribution in [2.24, 2.45) is 0 Å². The number of hydrogen-bond donors (Lipinski definition) is 0. The predicted octanol–water partition coefficient (Wildman–Crippen LogP) is 2.59. The summed E-state index contributed by atoms with van der Waals surface area (Å²) in [4.78, 5) is 21.2. The largest absolute Gasteiger partial charge is 0.337 e. The van der Waals surface area contributed by atoms with Crippen molar-refractivity contribution >= 4 is 17.2 Å². The molecule has 4 nitrogen and oxygen atoms in total. The molecule has 2 heterocycles. The first-order chi connectivity index (χ1) is 10.2. The van der Waals surface area contributed by atoms with Crippen molar-refractivity contribution in [1.82, 2.24) is 14.8 Å². The average Bonchev–Trinajstić information content (AvgIpc) is 2.96. The number of rotatable bonds is 2. The summed E-state index contributed by atoms with van der Waals surface area (Å²) in [7, 11) is 2.11. The average molecular weight is 301 g/mol. The van der Waals surface area contributed by atoms with Crippen molar-refractivity contribution in [2.75, 3.05) is 33.2 Å². The first kappa shape index (κ1) is 14.2. The molecule has 1 saturated heterocycles. The summed E-state index contributed by atoms with van der Waals surface area (Å²) >= 11 is 1.59. The lowest BCUT2D eigenvalue weighted by Gasteiger charge is -2.20. The van der Waals surface area contributed by atoms with Gasteiger partial charge in [-0.1, -0.05) is 12.1 Å². The number of benzene rings is 1.